The Morgan fingerprint density at radius 3 is 3.00 bits per heavy atom. The monoisotopic (exact) mass is 199 g/mol. The summed E-state index contributed by atoms with van der Waals surface area (Å²) in [7, 11) is 0. The number of H-pyrrole nitrogens is 1. The third-order valence-corrected chi connectivity index (χ3v) is 2.92. The number of aryl methyl sites for hydroxylation is 1. The van der Waals surface area contributed by atoms with Crippen LogP contribution >= 0.6 is 22.9 Å². The second kappa shape index (κ2) is 2.61. The van der Waals surface area contributed by atoms with Gasteiger partial charge in [0.1, 0.15) is 0 Å². The van der Waals surface area contributed by atoms with Gasteiger partial charge in [0.25, 0.3) is 0 Å². The first-order valence-electron chi connectivity index (χ1n) is 3.46. The second-order valence-corrected chi connectivity index (χ2v) is 4.03. The fourth-order valence-electron chi connectivity index (χ4n) is 1.19. The molecule has 1 N–H and O–H groups in total. The number of aromatic nitrogens is 1. The van der Waals surface area contributed by atoms with Gasteiger partial charge in [-0.3, -0.25) is 4.79 Å². The van der Waals surface area contributed by atoms with Gasteiger partial charge in [-0.25, -0.2) is 0 Å². The molecule has 0 unspecified atom stereocenters. The highest BCUT2D eigenvalue weighted by Crippen LogP contribution is 2.23. The first kappa shape index (κ1) is 7.83. The van der Waals surface area contributed by atoms with Gasteiger partial charge >= 0.3 is 4.87 Å². The Labute approximate surface area is 77.8 Å². The molecular formula is C8H6ClNOS. The highest BCUT2D eigenvalue weighted by Gasteiger charge is 2.02. The summed E-state index contributed by atoms with van der Waals surface area (Å²) in [4.78, 5) is 13.7. The zero-order chi connectivity index (χ0) is 8.72. The van der Waals surface area contributed by atoms with Crippen LogP contribution in [0, 0.1) is 6.92 Å². The molecule has 62 valence electrons. The van der Waals surface area contributed by atoms with E-state index in [2.05, 4.69) is 4.98 Å². The first-order chi connectivity index (χ1) is 5.66. The Morgan fingerprint density at radius 2 is 2.25 bits per heavy atom. The summed E-state index contributed by atoms with van der Waals surface area (Å²) in [5.74, 6) is 0. The maximum Gasteiger partial charge on any atom is 0.305 e. The van der Waals surface area contributed by atoms with Crippen LogP contribution in [0.3, 0.4) is 0 Å². The van der Waals surface area contributed by atoms with Gasteiger partial charge in [-0.2, -0.15) is 0 Å². The van der Waals surface area contributed by atoms with Crippen molar-refractivity contribution in [1.29, 1.82) is 0 Å². The largest absolute Gasteiger partial charge is 0.312 e. The Bertz CT molecular complexity index is 485. The third kappa shape index (κ3) is 1.15. The summed E-state index contributed by atoms with van der Waals surface area (Å²) >= 11 is 7.03. The number of rotatable bonds is 0. The molecule has 0 atom stereocenters. The van der Waals surface area contributed by atoms with Crippen LogP contribution in [0.4, 0.5) is 0 Å². The molecule has 1 heterocycles. The fraction of sp³-hybridized carbons (Fsp3) is 0.125. The van der Waals surface area contributed by atoms with Crippen molar-refractivity contribution in [3.63, 3.8) is 0 Å². The van der Waals surface area contributed by atoms with E-state index in [-0.39, 0.29) is 4.87 Å². The van der Waals surface area contributed by atoms with Gasteiger partial charge < -0.3 is 4.98 Å². The van der Waals surface area contributed by atoms with Crippen molar-refractivity contribution >= 4 is 33.2 Å². The first-order valence-corrected chi connectivity index (χ1v) is 4.65. The standard InChI is InChI=1S/C8H6ClNOS/c1-4-2-5(9)3-6-7(4)12-8(11)10-6/h2-3H,1H3,(H,10,11). The number of fused-ring (bicyclic) bond motifs is 1. The van der Waals surface area contributed by atoms with Crippen molar-refractivity contribution in [2.75, 3.05) is 0 Å². The summed E-state index contributed by atoms with van der Waals surface area (Å²) in [6, 6.07) is 3.62. The van der Waals surface area contributed by atoms with Crippen LogP contribution in [0.15, 0.2) is 16.9 Å². The lowest BCUT2D eigenvalue weighted by atomic mass is 10.2. The van der Waals surface area contributed by atoms with E-state index in [4.69, 9.17) is 11.6 Å². The van der Waals surface area contributed by atoms with Crippen LogP contribution in [0.2, 0.25) is 5.02 Å². The predicted octanol–water partition coefficient (Wildman–Crippen LogP) is 2.55. The minimum absolute atomic E-state index is 0.0321. The number of hydrogen-bond donors (Lipinski definition) is 1. The minimum atomic E-state index is -0.0321. The summed E-state index contributed by atoms with van der Waals surface area (Å²) in [5.41, 5.74) is 1.87. The Morgan fingerprint density at radius 1 is 1.50 bits per heavy atom. The van der Waals surface area contributed by atoms with Gasteiger partial charge in [-0.1, -0.05) is 22.9 Å². The molecule has 0 fully saturated rings. The highest BCUT2D eigenvalue weighted by atomic mass is 35.5. The lowest BCUT2D eigenvalue weighted by molar-refractivity contribution is 1.40. The molecule has 0 aliphatic rings. The molecule has 1 aromatic heterocycles. The van der Waals surface area contributed by atoms with Crippen LogP contribution in [-0.2, 0) is 0 Å². The lowest BCUT2D eigenvalue weighted by Gasteiger charge is -1.94. The summed E-state index contributed by atoms with van der Waals surface area (Å²) < 4.78 is 0.990. The molecule has 2 rings (SSSR count). The van der Waals surface area contributed by atoms with Gasteiger partial charge in [-0.15, -0.1) is 0 Å². The normalized spacial score (nSPS) is 10.8. The average Bonchev–Trinajstić information content (AvgIpc) is 2.29. The van der Waals surface area contributed by atoms with Crippen molar-refractivity contribution in [3.8, 4) is 0 Å². The average molecular weight is 200 g/mol. The number of aromatic amines is 1. The molecule has 0 radical (unpaired) electrons. The molecule has 4 heteroatoms. The molecule has 0 saturated carbocycles. The second-order valence-electron chi connectivity index (χ2n) is 2.61. The van der Waals surface area contributed by atoms with Crippen LogP contribution in [0.25, 0.3) is 10.2 Å². The number of halogens is 1. The molecule has 2 nitrogen and oxygen atoms in total. The summed E-state index contributed by atoms with van der Waals surface area (Å²) in [6.45, 7) is 1.94. The topological polar surface area (TPSA) is 32.9 Å². The van der Waals surface area contributed by atoms with Gasteiger partial charge in [0.15, 0.2) is 0 Å². The van der Waals surface area contributed by atoms with Crippen molar-refractivity contribution in [2.24, 2.45) is 0 Å². The van der Waals surface area contributed by atoms with E-state index in [1.807, 2.05) is 13.0 Å². The molecule has 1 aromatic carbocycles. The predicted molar refractivity (Wildman–Crippen MR) is 52.2 cm³/mol. The zero-order valence-corrected chi connectivity index (χ0v) is 7.92. The SMILES string of the molecule is Cc1cc(Cl)cc2[nH]c(=O)sc12. The maximum atomic E-state index is 11.0. The molecule has 0 aliphatic heterocycles. The fourth-order valence-corrected chi connectivity index (χ4v) is 2.25. The highest BCUT2D eigenvalue weighted by molar-refractivity contribution is 7.16. The number of benzene rings is 1. The molecule has 0 bridgehead atoms. The smallest absolute Gasteiger partial charge is 0.305 e. The van der Waals surface area contributed by atoms with Gasteiger partial charge in [-0.05, 0) is 24.6 Å². The Kier molecular flexibility index (Phi) is 1.70. The molecule has 0 saturated heterocycles. The molecule has 0 spiro atoms. The number of thiazole rings is 1. The molecule has 2 aromatic rings. The van der Waals surface area contributed by atoms with E-state index in [0.717, 1.165) is 15.8 Å². The van der Waals surface area contributed by atoms with Crippen LogP contribution in [-0.4, -0.2) is 4.98 Å². The molecule has 0 amide bonds. The van der Waals surface area contributed by atoms with Crippen molar-refractivity contribution in [2.45, 2.75) is 6.92 Å². The van der Waals surface area contributed by atoms with E-state index in [1.54, 1.807) is 6.07 Å². The van der Waals surface area contributed by atoms with E-state index in [0.29, 0.717) is 5.02 Å². The minimum Gasteiger partial charge on any atom is -0.312 e. The maximum absolute atomic E-state index is 11.0. The van der Waals surface area contributed by atoms with Crippen LogP contribution in [0.1, 0.15) is 5.56 Å². The van der Waals surface area contributed by atoms with Crippen LogP contribution in [0.5, 0.6) is 0 Å². The van der Waals surface area contributed by atoms with Gasteiger partial charge in [0.05, 0.1) is 10.2 Å². The molecular weight excluding hydrogens is 194 g/mol. The molecule has 0 aliphatic carbocycles. The summed E-state index contributed by atoms with van der Waals surface area (Å²) in [6.07, 6.45) is 0. The Hall–Kier alpha value is -0.800. The van der Waals surface area contributed by atoms with Crippen molar-refractivity contribution in [1.82, 2.24) is 4.98 Å². The van der Waals surface area contributed by atoms with Crippen molar-refractivity contribution < 1.29 is 0 Å². The number of nitrogens with one attached hydrogen (secondary N) is 1. The zero-order valence-electron chi connectivity index (χ0n) is 6.35. The lowest BCUT2D eigenvalue weighted by Crippen LogP contribution is -1.89. The molecule has 12 heavy (non-hydrogen) atoms. The van der Waals surface area contributed by atoms with Crippen molar-refractivity contribution in [3.05, 3.63) is 32.4 Å². The van der Waals surface area contributed by atoms with E-state index >= 15 is 0 Å². The number of hydrogen-bond acceptors (Lipinski definition) is 2. The van der Waals surface area contributed by atoms with Gasteiger partial charge in [0.2, 0.25) is 0 Å². The quantitative estimate of drug-likeness (QED) is 0.695. The van der Waals surface area contributed by atoms with E-state index < -0.39 is 0 Å². The van der Waals surface area contributed by atoms with E-state index in [9.17, 15) is 4.79 Å². The van der Waals surface area contributed by atoms with E-state index in [1.165, 1.54) is 11.3 Å². The third-order valence-electron chi connectivity index (χ3n) is 1.67. The van der Waals surface area contributed by atoms with Gasteiger partial charge in [0, 0.05) is 5.02 Å². The van der Waals surface area contributed by atoms with Crippen LogP contribution < -0.4 is 4.87 Å². The summed E-state index contributed by atoms with van der Waals surface area (Å²) in [5, 5.41) is 0.661. The Balaban J connectivity index is 2.97.